The molecule has 4 atom stereocenters. The Morgan fingerprint density at radius 2 is 1.97 bits per heavy atom. The van der Waals surface area contributed by atoms with Crippen molar-refractivity contribution in [2.24, 2.45) is 5.92 Å². The summed E-state index contributed by atoms with van der Waals surface area (Å²) in [7, 11) is 0. The molecule has 3 N–H and O–H groups in total. The van der Waals surface area contributed by atoms with Gasteiger partial charge in [-0.1, -0.05) is 12.1 Å². The topological polar surface area (TPSA) is 99.8 Å². The number of fused-ring (bicyclic) bond motifs is 3. The van der Waals surface area contributed by atoms with Gasteiger partial charge in [0.2, 0.25) is 0 Å². The molecular formula is C24H23N5O2. The van der Waals surface area contributed by atoms with Gasteiger partial charge in [0.25, 0.3) is 0 Å². The van der Waals surface area contributed by atoms with Crippen molar-refractivity contribution in [2.45, 2.75) is 37.5 Å². The number of aromatic amines is 1. The Balaban J connectivity index is 1.21. The Bertz CT molecular complexity index is 1390. The van der Waals surface area contributed by atoms with Crippen LogP contribution in [0.5, 0.6) is 0 Å². The summed E-state index contributed by atoms with van der Waals surface area (Å²) in [5, 5.41) is 24.6. The summed E-state index contributed by atoms with van der Waals surface area (Å²) >= 11 is 0. The number of pyridine rings is 1. The predicted molar refractivity (Wildman–Crippen MR) is 119 cm³/mol. The molecule has 4 heterocycles. The van der Waals surface area contributed by atoms with Crippen molar-refractivity contribution < 1.29 is 10.2 Å². The van der Waals surface area contributed by atoms with Gasteiger partial charge < -0.3 is 19.8 Å². The minimum Gasteiger partial charge on any atom is -0.390 e. The van der Waals surface area contributed by atoms with Crippen molar-refractivity contribution in [1.82, 2.24) is 24.5 Å². The lowest BCUT2D eigenvalue weighted by atomic mass is 9.95. The highest BCUT2D eigenvalue weighted by atomic mass is 16.3. The van der Waals surface area contributed by atoms with Crippen LogP contribution in [0.1, 0.15) is 24.4 Å². The molecule has 0 saturated heterocycles. The summed E-state index contributed by atoms with van der Waals surface area (Å²) in [5.74, 6) is 0.0221. The van der Waals surface area contributed by atoms with E-state index in [-0.39, 0.29) is 12.0 Å². The first-order chi connectivity index (χ1) is 15.2. The molecule has 7 nitrogen and oxygen atoms in total. The van der Waals surface area contributed by atoms with E-state index in [0.29, 0.717) is 6.42 Å². The highest BCUT2D eigenvalue weighted by Gasteiger charge is 2.42. The molecule has 0 spiro atoms. The minimum atomic E-state index is -0.810. The van der Waals surface area contributed by atoms with Crippen molar-refractivity contribution in [3.8, 4) is 0 Å². The van der Waals surface area contributed by atoms with Crippen LogP contribution in [0.25, 0.3) is 33.0 Å². The number of rotatable bonds is 4. The predicted octanol–water partition coefficient (Wildman–Crippen LogP) is 3.38. The average molecular weight is 413 g/mol. The van der Waals surface area contributed by atoms with Crippen LogP contribution in [0, 0.1) is 5.92 Å². The summed E-state index contributed by atoms with van der Waals surface area (Å²) in [6.07, 6.45) is 7.90. The minimum absolute atomic E-state index is 0.0221. The Morgan fingerprint density at radius 1 is 1.03 bits per heavy atom. The first kappa shape index (κ1) is 18.5. The molecule has 1 aromatic carbocycles. The largest absolute Gasteiger partial charge is 0.390 e. The number of hydrogen-bond donors (Lipinski definition) is 3. The fraction of sp³-hybridized carbons (Fsp3) is 0.292. The number of benzene rings is 1. The van der Waals surface area contributed by atoms with E-state index < -0.39 is 12.2 Å². The summed E-state index contributed by atoms with van der Waals surface area (Å²) in [5.41, 5.74) is 3.85. The lowest BCUT2D eigenvalue weighted by Crippen LogP contribution is -2.29. The zero-order chi connectivity index (χ0) is 20.9. The van der Waals surface area contributed by atoms with Crippen LogP contribution < -0.4 is 0 Å². The van der Waals surface area contributed by atoms with Gasteiger partial charge in [0.15, 0.2) is 0 Å². The maximum absolute atomic E-state index is 10.8. The molecular weight excluding hydrogens is 390 g/mol. The molecule has 0 unspecified atom stereocenters. The molecule has 0 radical (unpaired) electrons. The van der Waals surface area contributed by atoms with E-state index in [2.05, 4.69) is 39.2 Å². The molecule has 4 aromatic heterocycles. The van der Waals surface area contributed by atoms with Gasteiger partial charge >= 0.3 is 0 Å². The van der Waals surface area contributed by atoms with Gasteiger partial charge in [0.05, 0.1) is 17.7 Å². The highest BCUT2D eigenvalue weighted by molar-refractivity contribution is 5.91. The molecule has 1 saturated carbocycles. The Morgan fingerprint density at radius 3 is 2.90 bits per heavy atom. The number of aryl methyl sites for hydroxylation is 1. The third kappa shape index (κ3) is 3.08. The van der Waals surface area contributed by atoms with Crippen LogP contribution in [0.3, 0.4) is 0 Å². The number of nitrogens with one attached hydrogen (secondary N) is 1. The molecule has 7 heteroatoms. The maximum atomic E-state index is 10.8. The van der Waals surface area contributed by atoms with Crippen molar-refractivity contribution in [3.05, 3.63) is 66.9 Å². The van der Waals surface area contributed by atoms with E-state index >= 15 is 0 Å². The number of aliphatic hydroxyl groups excluding tert-OH is 2. The molecule has 5 aromatic rings. The monoisotopic (exact) mass is 413 g/mol. The van der Waals surface area contributed by atoms with Crippen LogP contribution in [0.15, 0.2) is 61.3 Å². The molecule has 156 valence electrons. The lowest BCUT2D eigenvalue weighted by Gasteiger charge is -2.18. The van der Waals surface area contributed by atoms with Crippen molar-refractivity contribution in [3.63, 3.8) is 0 Å². The Kier molecular flexibility index (Phi) is 4.26. The van der Waals surface area contributed by atoms with Gasteiger partial charge in [-0.3, -0.25) is 0 Å². The zero-order valence-electron chi connectivity index (χ0n) is 16.9. The second-order valence-electron chi connectivity index (χ2n) is 8.54. The number of H-pyrrole nitrogens is 1. The number of nitrogens with zero attached hydrogens (tertiary/aromatic N) is 4. The van der Waals surface area contributed by atoms with Crippen LogP contribution in [-0.2, 0) is 6.42 Å². The molecule has 6 rings (SSSR count). The summed E-state index contributed by atoms with van der Waals surface area (Å²) < 4.78 is 1.98. The van der Waals surface area contributed by atoms with E-state index in [1.807, 2.05) is 29.1 Å². The zero-order valence-corrected chi connectivity index (χ0v) is 16.9. The SMILES string of the molecule is O[C@@H]1[C@@H](CCc2ccc3cc4cc[nH]c4nc3c2)C[C@@H](n2ccc3cncnc32)[C@@H]1O. The van der Waals surface area contributed by atoms with Crippen molar-refractivity contribution in [2.75, 3.05) is 0 Å². The Labute approximate surface area is 178 Å². The molecule has 31 heavy (non-hydrogen) atoms. The molecule has 0 amide bonds. The summed E-state index contributed by atoms with van der Waals surface area (Å²) in [6.45, 7) is 0. The second kappa shape index (κ2) is 7.14. The fourth-order valence-corrected chi connectivity index (χ4v) is 5.02. The molecule has 1 aliphatic rings. The normalized spacial score (nSPS) is 23.9. The van der Waals surface area contributed by atoms with Crippen LogP contribution in [-0.4, -0.2) is 46.9 Å². The third-order valence-corrected chi connectivity index (χ3v) is 6.70. The lowest BCUT2D eigenvalue weighted by molar-refractivity contribution is 0.00545. The molecule has 0 aliphatic heterocycles. The second-order valence-corrected chi connectivity index (χ2v) is 8.54. The van der Waals surface area contributed by atoms with Gasteiger partial charge in [-0.25, -0.2) is 15.0 Å². The van der Waals surface area contributed by atoms with E-state index in [0.717, 1.165) is 45.8 Å². The van der Waals surface area contributed by atoms with E-state index in [1.54, 1.807) is 6.20 Å². The standard InChI is InChI=1S/C24H23N5O2/c30-21-16(11-20(22(21)31)29-8-6-18-12-25-13-27-24(18)29)4-2-14-1-3-15-10-17-5-7-26-23(17)28-19(15)9-14/h1,3,5-10,12-13,16,20-22,30-31H,2,4,11H2,(H,26,28)/t16-,20+,21+,22-/m0/s1. The third-order valence-electron chi connectivity index (χ3n) is 6.70. The summed E-state index contributed by atoms with van der Waals surface area (Å²) in [6, 6.07) is 12.3. The van der Waals surface area contributed by atoms with Gasteiger partial charge in [-0.15, -0.1) is 0 Å². The quantitative estimate of drug-likeness (QED) is 0.419. The Hall–Kier alpha value is -3.29. The average Bonchev–Trinajstić information content (AvgIpc) is 3.49. The van der Waals surface area contributed by atoms with E-state index in [1.165, 1.54) is 11.9 Å². The fourth-order valence-electron chi connectivity index (χ4n) is 5.02. The van der Waals surface area contributed by atoms with Gasteiger partial charge in [0.1, 0.15) is 23.7 Å². The smallest absolute Gasteiger partial charge is 0.143 e. The van der Waals surface area contributed by atoms with Gasteiger partial charge in [0, 0.05) is 34.7 Å². The number of hydrogen-bond acceptors (Lipinski definition) is 5. The molecule has 0 bridgehead atoms. The van der Waals surface area contributed by atoms with E-state index in [4.69, 9.17) is 4.98 Å². The van der Waals surface area contributed by atoms with Gasteiger partial charge in [-0.05, 0) is 55.0 Å². The maximum Gasteiger partial charge on any atom is 0.143 e. The highest BCUT2D eigenvalue weighted by Crippen LogP contribution is 2.39. The van der Waals surface area contributed by atoms with E-state index in [9.17, 15) is 10.2 Å². The van der Waals surface area contributed by atoms with Gasteiger partial charge in [-0.2, -0.15) is 0 Å². The van der Waals surface area contributed by atoms with Crippen LogP contribution in [0.2, 0.25) is 0 Å². The molecule has 1 fully saturated rings. The summed E-state index contributed by atoms with van der Waals surface area (Å²) in [4.78, 5) is 16.3. The first-order valence-corrected chi connectivity index (χ1v) is 10.7. The van der Waals surface area contributed by atoms with Crippen LogP contribution in [0.4, 0.5) is 0 Å². The molecule has 1 aliphatic carbocycles. The van der Waals surface area contributed by atoms with Crippen molar-refractivity contribution in [1.29, 1.82) is 0 Å². The first-order valence-electron chi connectivity index (χ1n) is 10.7. The number of aliphatic hydroxyl groups is 2. The van der Waals surface area contributed by atoms with Crippen LogP contribution >= 0.6 is 0 Å². The number of aromatic nitrogens is 5. The van der Waals surface area contributed by atoms with Crippen molar-refractivity contribution >= 4 is 33.0 Å².